The van der Waals surface area contributed by atoms with E-state index < -0.39 is 0 Å². The van der Waals surface area contributed by atoms with E-state index in [4.69, 9.17) is 4.74 Å². The third-order valence-electron chi connectivity index (χ3n) is 4.90. The summed E-state index contributed by atoms with van der Waals surface area (Å²) in [6.07, 6.45) is 6.48. The van der Waals surface area contributed by atoms with Gasteiger partial charge in [0.1, 0.15) is 5.75 Å². The minimum atomic E-state index is -0.209. The number of carbonyl (C=O) groups excluding carboxylic acids is 2. The third-order valence-corrected chi connectivity index (χ3v) is 4.90. The molecular formula is C21H25N3O3. The standard InChI is InChI=1S/C21H25N3O3/c1-15-4-3-5-16(2)24(15)20(25)14-27-19-8-6-17(7-9-19)21(26)23-18-10-12-22-13-11-18/h6-13,15-16H,3-5,14H2,1-2H3,(H,22,23,26)/t15-,16+. The number of piperidine rings is 1. The Morgan fingerprint density at radius 1 is 1.07 bits per heavy atom. The molecule has 3 rings (SSSR count). The molecule has 0 unspecified atom stereocenters. The van der Waals surface area contributed by atoms with Crippen molar-refractivity contribution >= 4 is 17.5 Å². The smallest absolute Gasteiger partial charge is 0.260 e. The first-order valence-corrected chi connectivity index (χ1v) is 9.30. The highest BCUT2D eigenvalue weighted by molar-refractivity contribution is 6.04. The molecule has 6 nitrogen and oxygen atoms in total. The number of nitrogens with zero attached hydrogens (tertiary/aromatic N) is 2. The number of hydrogen-bond acceptors (Lipinski definition) is 4. The summed E-state index contributed by atoms with van der Waals surface area (Å²) in [4.78, 5) is 30.6. The van der Waals surface area contributed by atoms with Crippen molar-refractivity contribution in [1.82, 2.24) is 9.88 Å². The monoisotopic (exact) mass is 367 g/mol. The number of likely N-dealkylation sites (tertiary alicyclic amines) is 1. The van der Waals surface area contributed by atoms with Gasteiger partial charge in [0.15, 0.2) is 6.61 Å². The SMILES string of the molecule is C[C@@H]1CCC[C@H](C)N1C(=O)COc1ccc(C(=O)Nc2ccncc2)cc1. The lowest BCUT2D eigenvalue weighted by Crippen LogP contribution is -2.49. The lowest BCUT2D eigenvalue weighted by Gasteiger charge is -2.38. The van der Waals surface area contributed by atoms with Gasteiger partial charge in [0.25, 0.3) is 11.8 Å². The number of rotatable bonds is 5. The minimum absolute atomic E-state index is 0.00852. The van der Waals surface area contributed by atoms with E-state index in [1.54, 1.807) is 48.8 Å². The number of hydrogen-bond donors (Lipinski definition) is 1. The molecule has 1 aromatic heterocycles. The number of anilines is 1. The van der Waals surface area contributed by atoms with Crippen LogP contribution in [0.3, 0.4) is 0 Å². The van der Waals surface area contributed by atoms with Crippen LogP contribution < -0.4 is 10.1 Å². The quantitative estimate of drug-likeness (QED) is 0.878. The van der Waals surface area contributed by atoms with Crippen molar-refractivity contribution in [3.8, 4) is 5.75 Å². The second kappa shape index (κ2) is 8.66. The number of amides is 2. The maximum atomic E-state index is 12.5. The molecule has 0 radical (unpaired) electrons. The number of aromatic nitrogens is 1. The van der Waals surface area contributed by atoms with Crippen molar-refractivity contribution in [3.63, 3.8) is 0 Å². The molecule has 1 aliphatic heterocycles. The molecule has 2 atom stereocenters. The minimum Gasteiger partial charge on any atom is -0.484 e. The Balaban J connectivity index is 1.54. The number of ether oxygens (including phenoxy) is 1. The molecule has 1 N–H and O–H groups in total. The van der Waals surface area contributed by atoms with E-state index in [-0.39, 0.29) is 30.5 Å². The van der Waals surface area contributed by atoms with Gasteiger partial charge >= 0.3 is 0 Å². The molecule has 0 aliphatic carbocycles. The van der Waals surface area contributed by atoms with Gasteiger partial charge in [0, 0.05) is 35.7 Å². The zero-order valence-electron chi connectivity index (χ0n) is 15.7. The van der Waals surface area contributed by atoms with E-state index in [0.29, 0.717) is 17.0 Å². The van der Waals surface area contributed by atoms with E-state index in [2.05, 4.69) is 24.1 Å². The zero-order valence-corrected chi connectivity index (χ0v) is 15.7. The third kappa shape index (κ3) is 4.84. The van der Waals surface area contributed by atoms with Crippen molar-refractivity contribution in [2.75, 3.05) is 11.9 Å². The normalized spacial score (nSPS) is 19.4. The molecule has 0 spiro atoms. The number of benzene rings is 1. The second-order valence-electron chi connectivity index (χ2n) is 6.93. The molecule has 1 saturated heterocycles. The number of nitrogens with one attached hydrogen (secondary N) is 1. The van der Waals surface area contributed by atoms with Gasteiger partial charge in [-0.15, -0.1) is 0 Å². The molecular weight excluding hydrogens is 342 g/mol. The van der Waals surface area contributed by atoms with Crippen LogP contribution in [0.25, 0.3) is 0 Å². The average Bonchev–Trinajstić information content (AvgIpc) is 2.67. The van der Waals surface area contributed by atoms with Crippen LogP contribution in [-0.2, 0) is 4.79 Å². The molecule has 2 amide bonds. The zero-order chi connectivity index (χ0) is 19.2. The maximum Gasteiger partial charge on any atom is 0.260 e. The predicted molar refractivity (Wildman–Crippen MR) is 104 cm³/mol. The molecule has 6 heteroatoms. The van der Waals surface area contributed by atoms with Crippen molar-refractivity contribution in [3.05, 3.63) is 54.4 Å². The molecule has 1 aromatic carbocycles. The average molecular weight is 367 g/mol. The second-order valence-corrected chi connectivity index (χ2v) is 6.93. The van der Waals surface area contributed by atoms with Gasteiger partial charge in [0.2, 0.25) is 0 Å². The fourth-order valence-electron chi connectivity index (χ4n) is 3.47. The molecule has 0 saturated carbocycles. The van der Waals surface area contributed by atoms with Gasteiger partial charge in [-0.25, -0.2) is 0 Å². The van der Waals surface area contributed by atoms with Crippen LogP contribution in [0.1, 0.15) is 43.5 Å². The highest BCUT2D eigenvalue weighted by Gasteiger charge is 2.28. The van der Waals surface area contributed by atoms with Crippen LogP contribution in [0, 0.1) is 0 Å². The Hall–Kier alpha value is -2.89. The molecule has 2 aromatic rings. The Kier molecular flexibility index (Phi) is 6.06. The fraction of sp³-hybridized carbons (Fsp3) is 0.381. The topological polar surface area (TPSA) is 71.5 Å². The lowest BCUT2D eigenvalue weighted by atomic mass is 9.97. The first-order chi connectivity index (χ1) is 13.0. The van der Waals surface area contributed by atoms with Crippen molar-refractivity contribution in [2.24, 2.45) is 0 Å². The summed E-state index contributed by atoms with van der Waals surface area (Å²) < 4.78 is 5.64. The first kappa shape index (κ1) is 18.9. The number of pyridine rings is 1. The van der Waals surface area contributed by atoms with Crippen LogP contribution in [0.15, 0.2) is 48.8 Å². The van der Waals surface area contributed by atoms with Gasteiger partial charge in [-0.2, -0.15) is 0 Å². The van der Waals surface area contributed by atoms with E-state index in [1.807, 2.05) is 4.90 Å². The summed E-state index contributed by atoms with van der Waals surface area (Å²) in [7, 11) is 0. The number of carbonyl (C=O) groups is 2. The lowest BCUT2D eigenvalue weighted by molar-refractivity contribution is -0.139. The van der Waals surface area contributed by atoms with Gasteiger partial charge in [-0.1, -0.05) is 0 Å². The summed E-state index contributed by atoms with van der Waals surface area (Å²) >= 11 is 0. The van der Waals surface area contributed by atoms with Crippen LogP contribution in [0.5, 0.6) is 5.75 Å². The van der Waals surface area contributed by atoms with Crippen LogP contribution in [0.4, 0.5) is 5.69 Å². The molecule has 0 bridgehead atoms. The van der Waals surface area contributed by atoms with Gasteiger partial charge in [0.05, 0.1) is 0 Å². The molecule has 2 heterocycles. The summed E-state index contributed by atoms with van der Waals surface area (Å²) in [6.45, 7) is 4.19. The summed E-state index contributed by atoms with van der Waals surface area (Å²) in [5.41, 5.74) is 1.20. The molecule has 27 heavy (non-hydrogen) atoms. The highest BCUT2D eigenvalue weighted by Crippen LogP contribution is 2.23. The summed E-state index contributed by atoms with van der Waals surface area (Å²) in [6, 6.07) is 10.7. The Bertz CT molecular complexity index is 767. The van der Waals surface area contributed by atoms with Crippen LogP contribution in [0.2, 0.25) is 0 Å². The van der Waals surface area contributed by atoms with Crippen molar-refractivity contribution < 1.29 is 14.3 Å². The van der Waals surface area contributed by atoms with E-state index in [0.717, 1.165) is 19.3 Å². The van der Waals surface area contributed by atoms with Crippen LogP contribution in [-0.4, -0.2) is 40.4 Å². The van der Waals surface area contributed by atoms with Crippen molar-refractivity contribution in [2.45, 2.75) is 45.2 Å². The largest absolute Gasteiger partial charge is 0.484 e. The van der Waals surface area contributed by atoms with Crippen molar-refractivity contribution in [1.29, 1.82) is 0 Å². The molecule has 1 fully saturated rings. The Morgan fingerprint density at radius 3 is 2.33 bits per heavy atom. The highest BCUT2D eigenvalue weighted by atomic mass is 16.5. The predicted octanol–water partition coefficient (Wildman–Crippen LogP) is 3.50. The van der Waals surface area contributed by atoms with Gasteiger partial charge in [-0.05, 0) is 69.5 Å². The van der Waals surface area contributed by atoms with Gasteiger partial charge in [-0.3, -0.25) is 14.6 Å². The maximum absolute atomic E-state index is 12.5. The van der Waals surface area contributed by atoms with Crippen LogP contribution >= 0.6 is 0 Å². The fourth-order valence-corrected chi connectivity index (χ4v) is 3.47. The molecule has 142 valence electrons. The molecule has 1 aliphatic rings. The Labute approximate surface area is 159 Å². The summed E-state index contributed by atoms with van der Waals surface area (Å²) in [5, 5.41) is 2.80. The van der Waals surface area contributed by atoms with Gasteiger partial charge < -0.3 is 15.0 Å². The first-order valence-electron chi connectivity index (χ1n) is 9.30. The summed E-state index contributed by atoms with van der Waals surface area (Å²) in [5.74, 6) is 0.370. The Morgan fingerprint density at radius 2 is 1.70 bits per heavy atom. The van der Waals surface area contributed by atoms with E-state index in [9.17, 15) is 9.59 Å². The van der Waals surface area contributed by atoms with E-state index >= 15 is 0 Å². The van der Waals surface area contributed by atoms with E-state index in [1.165, 1.54) is 0 Å².